The van der Waals surface area contributed by atoms with E-state index in [1.165, 1.54) is 53.2 Å². The SMILES string of the molecule is Cc1nn(-c2ccccc2)c(N)c1N=Nc1cc(Cc2nc(Cl)nc(Nc3cccc(NS(=O)(=O)c4ccc5c(c4)-c4nc-5nc5[nH]c(nc6nc(nc7[nH]c(n4)c4ccc(SOOO)cc74)-c4ccc(S(=O)(=O)O)cc4-6)c4ccc(S(=O)(=O)O)cc54)c3)n2)c(SOOO)cc1SOOO. The molecule has 0 saturated heterocycles. The summed E-state index contributed by atoms with van der Waals surface area (Å²) in [5, 5.41) is 56.1. The normalized spacial score (nSPS) is 12.4. The Hall–Kier alpha value is -10.1. The number of fused-ring (bicyclic) bond motifs is 20. The van der Waals surface area contributed by atoms with Gasteiger partial charge in [0.1, 0.15) is 34.1 Å². The summed E-state index contributed by atoms with van der Waals surface area (Å²) >= 11 is 8.27. The molecular weight excluding hydrogens is 1450 g/mol. The first-order valence-corrected chi connectivity index (χ1v) is 35.1. The lowest BCUT2D eigenvalue weighted by Gasteiger charge is -2.13. The molecular formula is C58H39ClN18O17S6. The highest BCUT2D eigenvalue weighted by Crippen LogP contribution is 2.43. The van der Waals surface area contributed by atoms with E-state index in [4.69, 9.17) is 76.0 Å². The van der Waals surface area contributed by atoms with Gasteiger partial charge in [-0.05, 0) is 139 Å². The number of aromatic nitrogens is 13. The van der Waals surface area contributed by atoms with Gasteiger partial charge in [-0.15, -0.1) is 23.2 Å². The summed E-state index contributed by atoms with van der Waals surface area (Å²) in [6.07, 6.45) is -0.119. The van der Waals surface area contributed by atoms with Crippen LogP contribution in [0.15, 0.2) is 179 Å². The molecule has 2 aliphatic heterocycles. The summed E-state index contributed by atoms with van der Waals surface area (Å²) in [5.74, 6) is -0.101. The van der Waals surface area contributed by atoms with E-state index in [-0.39, 0.29) is 146 Å². The second kappa shape index (κ2) is 27.2. The van der Waals surface area contributed by atoms with Gasteiger partial charge in [0.2, 0.25) is 11.2 Å². The Morgan fingerprint density at radius 2 is 1.11 bits per heavy atom. The minimum atomic E-state index is -4.81. The molecule has 506 valence electrons. The van der Waals surface area contributed by atoms with E-state index in [0.717, 1.165) is 24.3 Å². The highest BCUT2D eigenvalue weighted by Gasteiger charge is 2.28. The lowest BCUT2D eigenvalue weighted by Crippen LogP contribution is -2.13. The zero-order chi connectivity index (χ0) is 69.8. The zero-order valence-electron chi connectivity index (χ0n) is 49.8. The number of hydrogen-bond acceptors (Lipinski definition) is 32. The maximum absolute atomic E-state index is 14.7. The zero-order valence-corrected chi connectivity index (χ0v) is 55.5. The van der Waals surface area contributed by atoms with Crippen molar-refractivity contribution >= 4 is 157 Å². The quantitative estimate of drug-likeness (QED) is 0.0105. The van der Waals surface area contributed by atoms with E-state index in [0.29, 0.717) is 68.7 Å². The van der Waals surface area contributed by atoms with Gasteiger partial charge in [-0.1, -0.05) is 39.4 Å². The molecule has 0 fully saturated rings. The first-order chi connectivity index (χ1) is 48.1. The summed E-state index contributed by atoms with van der Waals surface area (Å²) in [4.78, 5) is 47.9. The van der Waals surface area contributed by atoms with Crippen LogP contribution < -0.4 is 15.8 Å². The van der Waals surface area contributed by atoms with Crippen molar-refractivity contribution in [3.8, 4) is 51.2 Å². The third-order valence-corrected chi connectivity index (χ3v) is 20.1. The van der Waals surface area contributed by atoms with Crippen LogP contribution in [-0.2, 0) is 64.8 Å². The van der Waals surface area contributed by atoms with Crippen molar-refractivity contribution in [2.75, 3.05) is 15.8 Å². The fourth-order valence-electron chi connectivity index (χ4n) is 10.6. The van der Waals surface area contributed by atoms with Crippen molar-refractivity contribution in [2.45, 2.75) is 42.7 Å². The Balaban J connectivity index is 0.814. The fraction of sp³-hybridized carbons (Fsp3) is 0.0345. The van der Waals surface area contributed by atoms with E-state index in [1.54, 1.807) is 43.3 Å². The van der Waals surface area contributed by atoms with Crippen LogP contribution in [0.1, 0.15) is 17.1 Å². The van der Waals surface area contributed by atoms with Crippen molar-refractivity contribution in [3.63, 3.8) is 0 Å². The molecule has 2 aliphatic rings. The van der Waals surface area contributed by atoms with Crippen molar-refractivity contribution < 1.29 is 78.2 Å². The predicted molar refractivity (Wildman–Crippen MR) is 359 cm³/mol. The summed E-state index contributed by atoms with van der Waals surface area (Å²) in [6, 6.07) is 34.4. The standard InChI is InChI=1S/C58H39ClN18O17S6/c1-26-47(48(60)77(75-26)30-8-3-2-4-9-30)74-73-43-18-27(44(96-93-90-79)25-45(43)97-94-91-80)19-46-62-57(59)72-58(63-46)61-28-6-5-7-29(20-28)76-98(81,82)32-11-15-36-40(22-32)54-66-49-35-14-10-31(95-92-89-78)21-39(35)53(64-49)65-51-37-16-12-33(99(83,84)85)23-41(37)56(69-51)71-52-38-17-13-34(100(86,87)88)24-42(38)55(70-52)68-50(36)67-54/h2-18,20-25,76,78-80H,19,60H2,1H3,(H,83,84,85)(H,86,87,88)(H,61,62,63,72)(H2,64,65,66,67,68,69,70,71). The van der Waals surface area contributed by atoms with Crippen LogP contribution >= 0.6 is 47.7 Å². The van der Waals surface area contributed by atoms with Crippen molar-refractivity contribution in [3.05, 3.63) is 162 Å². The van der Waals surface area contributed by atoms with E-state index in [1.807, 2.05) is 30.3 Å². The van der Waals surface area contributed by atoms with Gasteiger partial charge in [0.15, 0.2) is 34.8 Å². The lowest BCUT2D eigenvalue weighted by atomic mass is 10.1. The smallest absolute Gasteiger partial charge is 0.294 e. The number of H-pyrrole nitrogens is 2. The second-order valence-corrected chi connectivity index (χ2v) is 28.2. The van der Waals surface area contributed by atoms with Crippen LogP contribution in [0, 0.1) is 6.92 Å². The molecule has 0 unspecified atom stereocenters. The molecule has 35 nitrogen and oxygen atoms in total. The average molecular weight is 1490 g/mol. The number of azo groups is 1. The van der Waals surface area contributed by atoms with Gasteiger partial charge in [-0.3, -0.25) is 13.8 Å². The molecule has 0 saturated carbocycles. The highest BCUT2D eigenvalue weighted by atomic mass is 35.5. The number of rotatable bonds is 21. The van der Waals surface area contributed by atoms with Crippen molar-refractivity contribution in [1.29, 1.82) is 0 Å². The molecule has 100 heavy (non-hydrogen) atoms. The van der Waals surface area contributed by atoms with Crippen molar-refractivity contribution in [1.82, 2.24) is 64.6 Å². The summed E-state index contributed by atoms with van der Waals surface area (Å²) in [6.45, 7) is 1.70. The number of anilines is 4. The number of sulfonamides is 1. The molecule has 0 spiro atoms. The van der Waals surface area contributed by atoms with Crippen LogP contribution in [0.5, 0.6) is 0 Å². The van der Waals surface area contributed by atoms with Gasteiger partial charge in [-0.2, -0.15) is 31.9 Å². The molecule has 5 aromatic heterocycles. The molecule has 8 bridgehead atoms. The predicted octanol–water partition coefficient (Wildman–Crippen LogP) is 12.1. The minimum absolute atomic E-state index is 0.00595. The molecule has 7 heterocycles. The topological polar surface area (TPSA) is 499 Å². The van der Waals surface area contributed by atoms with Gasteiger partial charge >= 0.3 is 0 Å². The molecule has 12 aromatic rings. The largest absolute Gasteiger partial charge is 0.382 e. The van der Waals surface area contributed by atoms with E-state index >= 15 is 0 Å². The van der Waals surface area contributed by atoms with Gasteiger partial charge in [-0.25, -0.2) is 63.8 Å². The van der Waals surface area contributed by atoms with Gasteiger partial charge in [0.05, 0.1) is 72.8 Å². The molecule has 0 atom stereocenters. The Labute approximate surface area is 577 Å². The van der Waals surface area contributed by atoms with Crippen molar-refractivity contribution in [2.24, 2.45) is 10.2 Å². The molecule has 14 rings (SSSR count). The molecule has 7 aromatic carbocycles. The van der Waals surface area contributed by atoms with Crippen LogP contribution in [0.25, 0.3) is 95.4 Å². The van der Waals surface area contributed by atoms with Crippen LogP contribution in [0.4, 0.5) is 34.5 Å². The number of aromatic amines is 2. The summed E-state index contributed by atoms with van der Waals surface area (Å²) < 4.78 is 118. The molecule has 0 aliphatic carbocycles. The monoisotopic (exact) mass is 1490 g/mol. The van der Waals surface area contributed by atoms with Gasteiger partial charge in [0, 0.05) is 65.7 Å². The third kappa shape index (κ3) is 13.7. The van der Waals surface area contributed by atoms with E-state index in [9.17, 15) is 34.4 Å². The number of hydrogen-bond donors (Lipinski definition) is 10. The average Bonchev–Trinajstić information content (AvgIpc) is 1.59. The third-order valence-electron chi connectivity index (χ3n) is 14.9. The number of nitrogens with one attached hydrogen (secondary N) is 4. The van der Waals surface area contributed by atoms with Crippen LogP contribution in [-0.4, -0.2) is 115 Å². The number of halogens is 1. The van der Waals surface area contributed by atoms with E-state index in [2.05, 4.69) is 65.4 Å². The number of nitrogens with zero attached hydrogens (tertiary/aromatic N) is 13. The maximum atomic E-state index is 14.7. The second-order valence-electron chi connectivity index (χ2n) is 21.1. The first-order valence-electron chi connectivity index (χ1n) is 28.2. The highest BCUT2D eigenvalue weighted by molar-refractivity contribution is 7.95. The number of aryl methyl sites for hydroxylation is 1. The van der Waals surface area contributed by atoms with Gasteiger partial charge < -0.3 is 21.0 Å². The number of nitrogen functional groups attached to an aromatic ring is 1. The molecule has 11 N–H and O–H groups in total. The fourth-order valence-corrected chi connectivity index (χ4v) is 14.3. The Morgan fingerprint density at radius 1 is 0.550 bits per heavy atom. The Bertz CT molecular complexity index is 5920. The number of nitrogens with two attached hydrogens (primary N) is 1. The first kappa shape index (κ1) is 67.1. The number of para-hydroxylation sites is 1. The van der Waals surface area contributed by atoms with E-state index < -0.39 is 40.1 Å². The Kier molecular flexibility index (Phi) is 18.2. The molecule has 42 heteroatoms. The molecule has 0 amide bonds. The minimum Gasteiger partial charge on any atom is -0.382 e. The lowest BCUT2D eigenvalue weighted by molar-refractivity contribution is -0.432. The van der Waals surface area contributed by atoms with Crippen LogP contribution in [0.2, 0.25) is 5.28 Å². The maximum Gasteiger partial charge on any atom is 0.294 e. The Morgan fingerprint density at radius 3 is 1.76 bits per heavy atom. The summed E-state index contributed by atoms with van der Waals surface area (Å²) in [7, 11) is -14.1. The molecule has 0 radical (unpaired) electrons. The van der Waals surface area contributed by atoms with Gasteiger partial charge in [0.25, 0.3) is 30.3 Å². The van der Waals surface area contributed by atoms with Crippen LogP contribution in [0.3, 0.4) is 0 Å². The number of benzene rings is 7. The summed E-state index contributed by atoms with van der Waals surface area (Å²) in [5.41, 5.74) is 9.64.